The third kappa shape index (κ3) is 4.28. The lowest BCUT2D eigenvalue weighted by atomic mass is 9.84. The van der Waals surface area contributed by atoms with Crippen molar-refractivity contribution in [1.29, 1.82) is 0 Å². The van der Waals surface area contributed by atoms with Crippen LogP contribution in [-0.4, -0.2) is 31.7 Å². The van der Waals surface area contributed by atoms with Crippen LogP contribution in [0.15, 0.2) is 0 Å². The van der Waals surface area contributed by atoms with Gasteiger partial charge in [-0.05, 0) is 31.6 Å². The van der Waals surface area contributed by atoms with Crippen molar-refractivity contribution in [2.45, 2.75) is 44.6 Å². The van der Waals surface area contributed by atoms with Gasteiger partial charge >= 0.3 is 0 Å². The van der Waals surface area contributed by atoms with Crippen LogP contribution >= 0.6 is 0 Å². The van der Waals surface area contributed by atoms with Crippen molar-refractivity contribution in [3.63, 3.8) is 0 Å². The molecule has 0 aromatic heterocycles. The van der Waals surface area contributed by atoms with E-state index in [-0.39, 0.29) is 17.9 Å². The summed E-state index contributed by atoms with van der Waals surface area (Å²) < 4.78 is 5.48. The first-order valence-corrected chi connectivity index (χ1v) is 6.88. The van der Waals surface area contributed by atoms with Crippen LogP contribution in [0.25, 0.3) is 0 Å². The van der Waals surface area contributed by atoms with Crippen molar-refractivity contribution in [3.05, 3.63) is 0 Å². The SMILES string of the molecule is NC1CCCCC1C(=O)NCCOCC1CC1. The molecule has 17 heavy (non-hydrogen) atoms. The smallest absolute Gasteiger partial charge is 0.224 e. The number of nitrogens with one attached hydrogen (secondary N) is 1. The molecular formula is C13H24N2O2. The Bertz CT molecular complexity index is 254. The van der Waals surface area contributed by atoms with Gasteiger partial charge < -0.3 is 15.8 Å². The predicted octanol–water partition coefficient (Wildman–Crippen LogP) is 1.05. The van der Waals surface area contributed by atoms with Crippen molar-refractivity contribution >= 4 is 5.91 Å². The quantitative estimate of drug-likeness (QED) is 0.682. The van der Waals surface area contributed by atoms with Gasteiger partial charge in [0.2, 0.25) is 5.91 Å². The molecule has 4 heteroatoms. The van der Waals surface area contributed by atoms with Gasteiger partial charge in [0.25, 0.3) is 0 Å². The summed E-state index contributed by atoms with van der Waals surface area (Å²) in [6, 6.07) is 0.0520. The van der Waals surface area contributed by atoms with Crippen LogP contribution in [-0.2, 0) is 9.53 Å². The average Bonchev–Trinajstić information content (AvgIpc) is 3.13. The molecule has 2 aliphatic rings. The van der Waals surface area contributed by atoms with Crippen LogP contribution in [0.2, 0.25) is 0 Å². The second kappa shape index (κ2) is 6.36. The maximum atomic E-state index is 11.9. The summed E-state index contributed by atoms with van der Waals surface area (Å²) in [5.41, 5.74) is 5.97. The van der Waals surface area contributed by atoms with Gasteiger partial charge in [-0.2, -0.15) is 0 Å². The van der Waals surface area contributed by atoms with E-state index >= 15 is 0 Å². The highest BCUT2D eigenvalue weighted by molar-refractivity contribution is 5.79. The first kappa shape index (κ1) is 12.8. The molecule has 0 spiro atoms. The maximum absolute atomic E-state index is 11.9. The molecule has 0 heterocycles. The topological polar surface area (TPSA) is 64.4 Å². The third-order valence-corrected chi connectivity index (χ3v) is 3.75. The van der Waals surface area contributed by atoms with Gasteiger partial charge in [0, 0.05) is 19.2 Å². The lowest BCUT2D eigenvalue weighted by molar-refractivity contribution is -0.126. The van der Waals surface area contributed by atoms with E-state index in [1.807, 2.05) is 0 Å². The molecule has 0 aliphatic heterocycles. The highest BCUT2D eigenvalue weighted by Gasteiger charge is 2.27. The zero-order valence-electron chi connectivity index (χ0n) is 10.5. The highest BCUT2D eigenvalue weighted by Crippen LogP contribution is 2.28. The number of carbonyl (C=O) groups excluding carboxylic acids is 1. The van der Waals surface area contributed by atoms with E-state index < -0.39 is 0 Å². The third-order valence-electron chi connectivity index (χ3n) is 3.75. The lowest BCUT2D eigenvalue weighted by Gasteiger charge is -2.27. The van der Waals surface area contributed by atoms with E-state index in [0.717, 1.165) is 38.2 Å². The minimum Gasteiger partial charge on any atom is -0.379 e. The Morgan fingerprint density at radius 2 is 2.00 bits per heavy atom. The minimum absolute atomic E-state index is 0.0205. The Hall–Kier alpha value is -0.610. The largest absolute Gasteiger partial charge is 0.379 e. The van der Waals surface area contributed by atoms with E-state index in [9.17, 15) is 4.79 Å². The fraction of sp³-hybridized carbons (Fsp3) is 0.923. The summed E-state index contributed by atoms with van der Waals surface area (Å²) in [7, 11) is 0. The number of nitrogens with two attached hydrogens (primary N) is 1. The van der Waals surface area contributed by atoms with Crippen molar-refractivity contribution in [1.82, 2.24) is 5.32 Å². The van der Waals surface area contributed by atoms with Gasteiger partial charge in [-0.3, -0.25) is 4.79 Å². The molecule has 0 aromatic rings. The van der Waals surface area contributed by atoms with Gasteiger partial charge in [0.1, 0.15) is 0 Å². The average molecular weight is 240 g/mol. The molecule has 98 valence electrons. The minimum atomic E-state index is 0.0205. The summed E-state index contributed by atoms with van der Waals surface area (Å²) in [6.07, 6.45) is 6.83. The fourth-order valence-corrected chi connectivity index (χ4v) is 2.40. The summed E-state index contributed by atoms with van der Waals surface area (Å²) >= 11 is 0. The Balaban J connectivity index is 1.55. The zero-order valence-corrected chi connectivity index (χ0v) is 10.5. The Morgan fingerprint density at radius 3 is 2.71 bits per heavy atom. The number of hydrogen-bond acceptors (Lipinski definition) is 3. The van der Waals surface area contributed by atoms with Crippen molar-refractivity contribution in [2.24, 2.45) is 17.6 Å². The zero-order chi connectivity index (χ0) is 12.1. The molecule has 4 nitrogen and oxygen atoms in total. The van der Waals surface area contributed by atoms with E-state index in [2.05, 4.69) is 5.32 Å². The molecule has 0 bridgehead atoms. The number of amides is 1. The molecule has 2 unspecified atom stereocenters. The maximum Gasteiger partial charge on any atom is 0.224 e. The van der Waals surface area contributed by atoms with Gasteiger partial charge in [-0.1, -0.05) is 12.8 Å². The Kier molecular flexibility index (Phi) is 4.80. The predicted molar refractivity (Wildman–Crippen MR) is 66.5 cm³/mol. The van der Waals surface area contributed by atoms with E-state index in [1.54, 1.807) is 0 Å². The molecule has 3 N–H and O–H groups in total. The molecular weight excluding hydrogens is 216 g/mol. The summed E-state index contributed by atoms with van der Waals surface area (Å²) in [6.45, 7) is 2.11. The van der Waals surface area contributed by atoms with Gasteiger partial charge in [-0.25, -0.2) is 0 Å². The lowest BCUT2D eigenvalue weighted by Crippen LogP contribution is -2.44. The molecule has 2 rings (SSSR count). The molecule has 2 saturated carbocycles. The second-order valence-electron chi connectivity index (χ2n) is 5.36. The highest BCUT2D eigenvalue weighted by atomic mass is 16.5. The van der Waals surface area contributed by atoms with Gasteiger partial charge in [-0.15, -0.1) is 0 Å². The first-order valence-electron chi connectivity index (χ1n) is 6.88. The van der Waals surface area contributed by atoms with Crippen LogP contribution < -0.4 is 11.1 Å². The summed E-state index contributed by atoms with van der Waals surface area (Å²) in [5, 5.41) is 2.93. The van der Waals surface area contributed by atoms with Gasteiger partial charge in [0.15, 0.2) is 0 Å². The van der Waals surface area contributed by atoms with Crippen LogP contribution in [0.4, 0.5) is 0 Å². The Labute approximate surface area is 103 Å². The van der Waals surface area contributed by atoms with Crippen LogP contribution in [0, 0.1) is 11.8 Å². The molecule has 0 radical (unpaired) electrons. The Morgan fingerprint density at radius 1 is 1.24 bits per heavy atom. The number of hydrogen-bond donors (Lipinski definition) is 2. The van der Waals surface area contributed by atoms with Gasteiger partial charge in [0.05, 0.1) is 12.5 Å². The van der Waals surface area contributed by atoms with Crippen LogP contribution in [0.3, 0.4) is 0 Å². The van der Waals surface area contributed by atoms with E-state index in [0.29, 0.717) is 13.2 Å². The first-order chi connectivity index (χ1) is 8.27. The van der Waals surface area contributed by atoms with E-state index in [1.165, 1.54) is 12.8 Å². The second-order valence-corrected chi connectivity index (χ2v) is 5.36. The molecule has 2 aliphatic carbocycles. The summed E-state index contributed by atoms with van der Waals surface area (Å²) in [4.78, 5) is 11.9. The van der Waals surface area contributed by atoms with Crippen molar-refractivity contribution in [2.75, 3.05) is 19.8 Å². The fourth-order valence-electron chi connectivity index (χ4n) is 2.40. The molecule has 2 fully saturated rings. The van der Waals surface area contributed by atoms with Crippen molar-refractivity contribution in [3.8, 4) is 0 Å². The molecule has 0 aromatic carbocycles. The standard InChI is InChI=1S/C13H24N2O2/c14-12-4-2-1-3-11(12)13(16)15-7-8-17-9-10-5-6-10/h10-12H,1-9,14H2,(H,15,16). The normalized spacial score (nSPS) is 29.0. The van der Waals surface area contributed by atoms with Crippen molar-refractivity contribution < 1.29 is 9.53 Å². The molecule has 0 saturated heterocycles. The number of carbonyl (C=O) groups is 1. The molecule has 1 amide bonds. The monoisotopic (exact) mass is 240 g/mol. The summed E-state index contributed by atoms with van der Waals surface area (Å²) in [5.74, 6) is 0.928. The van der Waals surface area contributed by atoms with Crippen LogP contribution in [0.5, 0.6) is 0 Å². The van der Waals surface area contributed by atoms with E-state index in [4.69, 9.17) is 10.5 Å². The van der Waals surface area contributed by atoms with Crippen LogP contribution in [0.1, 0.15) is 38.5 Å². The molecule has 2 atom stereocenters. The number of rotatable bonds is 6. The number of ether oxygens (including phenoxy) is 1.